The van der Waals surface area contributed by atoms with Crippen LogP contribution in [0.5, 0.6) is 0 Å². The van der Waals surface area contributed by atoms with Gasteiger partial charge in [-0.25, -0.2) is 0 Å². The molecule has 0 aliphatic heterocycles. The van der Waals surface area contributed by atoms with Crippen molar-refractivity contribution in [1.82, 2.24) is 0 Å². The van der Waals surface area contributed by atoms with Gasteiger partial charge in [-0.15, -0.1) is 11.8 Å². The maximum atomic E-state index is 5.96. The van der Waals surface area contributed by atoms with E-state index in [4.69, 9.17) is 5.73 Å². The van der Waals surface area contributed by atoms with Gasteiger partial charge in [-0.1, -0.05) is 46.2 Å². The third-order valence-corrected chi connectivity index (χ3v) is 5.93. The SMILES string of the molecule is CC1CCC(CN)C(Sc2ccc(C(C)(C)C)cc2)C1. The average Bonchev–Trinajstić information content (AvgIpc) is 2.38. The summed E-state index contributed by atoms with van der Waals surface area (Å²) in [5, 5.41) is 0.698. The summed E-state index contributed by atoms with van der Waals surface area (Å²) in [6.07, 6.45) is 3.96. The van der Waals surface area contributed by atoms with Gasteiger partial charge < -0.3 is 5.73 Å². The molecule has 0 spiro atoms. The average molecular weight is 292 g/mol. The van der Waals surface area contributed by atoms with Crippen molar-refractivity contribution in [3.63, 3.8) is 0 Å². The molecule has 0 heterocycles. The normalized spacial score (nSPS) is 27.6. The highest BCUT2D eigenvalue weighted by atomic mass is 32.2. The molecule has 2 N–H and O–H groups in total. The molecule has 1 aliphatic rings. The highest BCUT2D eigenvalue weighted by Crippen LogP contribution is 2.39. The van der Waals surface area contributed by atoms with E-state index in [1.54, 1.807) is 0 Å². The Morgan fingerprint density at radius 1 is 1.15 bits per heavy atom. The van der Waals surface area contributed by atoms with Crippen LogP contribution >= 0.6 is 11.8 Å². The third-order valence-electron chi connectivity index (χ3n) is 4.50. The van der Waals surface area contributed by atoms with Gasteiger partial charge in [0.05, 0.1) is 0 Å². The molecule has 1 aromatic rings. The Hall–Kier alpha value is -0.470. The molecule has 20 heavy (non-hydrogen) atoms. The van der Waals surface area contributed by atoms with E-state index in [0.29, 0.717) is 11.2 Å². The minimum absolute atomic E-state index is 0.238. The van der Waals surface area contributed by atoms with Crippen LogP contribution in [0.25, 0.3) is 0 Å². The zero-order valence-corrected chi connectivity index (χ0v) is 14.2. The number of benzene rings is 1. The summed E-state index contributed by atoms with van der Waals surface area (Å²) in [7, 11) is 0. The summed E-state index contributed by atoms with van der Waals surface area (Å²) in [5.74, 6) is 1.54. The molecule has 0 bridgehead atoms. The van der Waals surface area contributed by atoms with E-state index in [9.17, 15) is 0 Å². The Kier molecular flexibility index (Phi) is 5.19. The van der Waals surface area contributed by atoms with Crippen LogP contribution in [0, 0.1) is 11.8 Å². The Morgan fingerprint density at radius 3 is 2.35 bits per heavy atom. The summed E-state index contributed by atoms with van der Waals surface area (Å²) < 4.78 is 0. The van der Waals surface area contributed by atoms with Crippen LogP contribution in [0.4, 0.5) is 0 Å². The van der Waals surface area contributed by atoms with E-state index in [0.717, 1.165) is 12.5 Å². The second-order valence-electron chi connectivity index (χ2n) is 7.34. The number of hydrogen-bond donors (Lipinski definition) is 1. The molecule has 2 rings (SSSR count). The van der Waals surface area contributed by atoms with Crippen molar-refractivity contribution < 1.29 is 0 Å². The number of hydrogen-bond acceptors (Lipinski definition) is 2. The molecule has 112 valence electrons. The molecule has 0 aromatic heterocycles. The molecule has 1 aliphatic carbocycles. The minimum Gasteiger partial charge on any atom is -0.330 e. The van der Waals surface area contributed by atoms with Gasteiger partial charge in [-0.05, 0) is 54.3 Å². The molecular formula is C18H29NS. The van der Waals surface area contributed by atoms with Gasteiger partial charge in [0.2, 0.25) is 0 Å². The molecule has 3 atom stereocenters. The van der Waals surface area contributed by atoms with Crippen molar-refractivity contribution in [2.75, 3.05) is 6.54 Å². The number of thioether (sulfide) groups is 1. The predicted octanol–water partition coefficient (Wildman–Crippen LogP) is 4.84. The quantitative estimate of drug-likeness (QED) is 0.862. The van der Waals surface area contributed by atoms with Crippen molar-refractivity contribution in [3.8, 4) is 0 Å². The van der Waals surface area contributed by atoms with Gasteiger partial charge in [-0.2, -0.15) is 0 Å². The van der Waals surface area contributed by atoms with E-state index >= 15 is 0 Å². The topological polar surface area (TPSA) is 26.0 Å². The van der Waals surface area contributed by atoms with Crippen LogP contribution < -0.4 is 5.73 Å². The lowest BCUT2D eigenvalue weighted by molar-refractivity contribution is 0.306. The van der Waals surface area contributed by atoms with Crippen LogP contribution in [0.3, 0.4) is 0 Å². The summed E-state index contributed by atoms with van der Waals surface area (Å²) in [6, 6.07) is 9.15. The van der Waals surface area contributed by atoms with Gasteiger partial charge in [-0.3, -0.25) is 0 Å². The van der Waals surface area contributed by atoms with Gasteiger partial charge >= 0.3 is 0 Å². The van der Waals surface area contributed by atoms with Crippen molar-refractivity contribution in [2.24, 2.45) is 17.6 Å². The fraction of sp³-hybridized carbons (Fsp3) is 0.667. The van der Waals surface area contributed by atoms with Crippen molar-refractivity contribution in [1.29, 1.82) is 0 Å². The highest BCUT2D eigenvalue weighted by Gasteiger charge is 2.28. The van der Waals surface area contributed by atoms with E-state index in [1.165, 1.54) is 29.7 Å². The minimum atomic E-state index is 0.238. The van der Waals surface area contributed by atoms with E-state index < -0.39 is 0 Å². The number of nitrogens with two attached hydrogens (primary N) is 1. The first kappa shape index (κ1) is 15.9. The standard InChI is InChI=1S/C18H29NS/c1-13-5-6-14(12-19)17(11-13)20-16-9-7-15(8-10-16)18(2,3)4/h7-10,13-14,17H,5-6,11-12,19H2,1-4H3. The van der Waals surface area contributed by atoms with Crippen LogP contribution in [0.15, 0.2) is 29.2 Å². The van der Waals surface area contributed by atoms with Gasteiger partial charge in [0.25, 0.3) is 0 Å². The zero-order valence-electron chi connectivity index (χ0n) is 13.4. The number of rotatable bonds is 3. The fourth-order valence-electron chi connectivity index (χ4n) is 3.01. The Labute approximate surface area is 128 Å². The van der Waals surface area contributed by atoms with E-state index in [1.807, 2.05) is 11.8 Å². The predicted molar refractivity (Wildman–Crippen MR) is 90.3 cm³/mol. The second-order valence-corrected chi connectivity index (χ2v) is 8.66. The first-order chi connectivity index (χ1) is 9.40. The largest absolute Gasteiger partial charge is 0.330 e. The first-order valence-electron chi connectivity index (χ1n) is 7.87. The zero-order chi connectivity index (χ0) is 14.8. The third kappa shape index (κ3) is 4.02. The van der Waals surface area contributed by atoms with Crippen LogP contribution in [-0.2, 0) is 5.41 Å². The van der Waals surface area contributed by atoms with Crippen molar-refractivity contribution in [2.45, 2.75) is 62.5 Å². The Bertz CT molecular complexity index is 418. The van der Waals surface area contributed by atoms with Crippen molar-refractivity contribution >= 4 is 11.8 Å². The lowest BCUT2D eigenvalue weighted by atomic mass is 9.82. The molecule has 1 saturated carbocycles. The van der Waals surface area contributed by atoms with Crippen molar-refractivity contribution in [3.05, 3.63) is 29.8 Å². The van der Waals surface area contributed by atoms with Gasteiger partial charge in [0.15, 0.2) is 0 Å². The summed E-state index contributed by atoms with van der Waals surface area (Å²) >= 11 is 2.04. The maximum absolute atomic E-state index is 5.96. The molecule has 1 fully saturated rings. The molecule has 2 heteroatoms. The summed E-state index contributed by atoms with van der Waals surface area (Å²) in [6.45, 7) is 10.0. The maximum Gasteiger partial charge on any atom is 0.0137 e. The first-order valence-corrected chi connectivity index (χ1v) is 8.75. The second kappa shape index (κ2) is 6.53. The van der Waals surface area contributed by atoms with Crippen LogP contribution in [0.1, 0.15) is 52.5 Å². The molecule has 0 radical (unpaired) electrons. The highest BCUT2D eigenvalue weighted by molar-refractivity contribution is 8.00. The fourth-order valence-corrected chi connectivity index (χ4v) is 4.52. The lowest BCUT2D eigenvalue weighted by Gasteiger charge is -2.33. The molecule has 0 saturated heterocycles. The monoisotopic (exact) mass is 291 g/mol. The summed E-state index contributed by atoms with van der Waals surface area (Å²) in [5.41, 5.74) is 7.61. The molecule has 1 aromatic carbocycles. The Balaban J connectivity index is 2.05. The molecule has 0 amide bonds. The molecule has 3 unspecified atom stereocenters. The van der Waals surface area contributed by atoms with Gasteiger partial charge in [0, 0.05) is 10.1 Å². The molecule has 1 nitrogen and oxygen atoms in total. The molecular weight excluding hydrogens is 262 g/mol. The Morgan fingerprint density at radius 2 is 1.80 bits per heavy atom. The smallest absolute Gasteiger partial charge is 0.0137 e. The van der Waals surface area contributed by atoms with Gasteiger partial charge in [0.1, 0.15) is 0 Å². The van der Waals surface area contributed by atoms with E-state index in [2.05, 4.69) is 52.0 Å². The van der Waals surface area contributed by atoms with Crippen LogP contribution in [0.2, 0.25) is 0 Å². The van der Waals surface area contributed by atoms with E-state index in [-0.39, 0.29) is 5.41 Å². The lowest BCUT2D eigenvalue weighted by Crippen LogP contribution is -2.31. The summed E-state index contributed by atoms with van der Waals surface area (Å²) in [4.78, 5) is 1.40. The van der Waals surface area contributed by atoms with Crippen LogP contribution in [-0.4, -0.2) is 11.8 Å².